The fourth-order valence-electron chi connectivity index (χ4n) is 1.60. The van der Waals surface area contributed by atoms with E-state index in [1.165, 1.54) is 18.3 Å². The molecule has 1 aromatic rings. The molecule has 0 saturated carbocycles. The third-order valence-electron chi connectivity index (χ3n) is 2.67. The van der Waals surface area contributed by atoms with Crippen LogP contribution in [0.5, 0.6) is 0 Å². The summed E-state index contributed by atoms with van der Waals surface area (Å²) in [5.41, 5.74) is 0.347. The third kappa shape index (κ3) is 3.70. The van der Waals surface area contributed by atoms with Crippen LogP contribution in [0.25, 0.3) is 0 Å². The van der Waals surface area contributed by atoms with Gasteiger partial charge in [-0.05, 0) is 18.7 Å². The highest BCUT2D eigenvalue weighted by molar-refractivity contribution is 7.98. The van der Waals surface area contributed by atoms with Crippen LogP contribution in [0.1, 0.15) is 23.7 Å². The van der Waals surface area contributed by atoms with E-state index in [1.54, 1.807) is 23.7 Å². The van der Waals surface area contributed by atoms with Crippen LogP contribution in [0.4, 0.5) is 4.39 Å². The molecule has 0 bridgehead atoms. The minimum absolute atomic E-state index is 0.160. The molecule has 0 fully saturated rings. The molecule has 1 aromatic heterocycles. The molecule has 0 aliphatic rings. The maximum absolute atomic E-state index is 12.9. The summed E-state index contributed by atoms with van der Waals surface area (Å²) in [5, 5.41) is 0. The number of halogens is 1. The van der Waals surface area contributed by atoms with Gasteiger partial charge in [-0.2, -0.15) is 16.2 Å². The summed E-state index contributed by atoms with van der Waals surface area (Å²) in [7, 11) is 1.76. The minimum Gasteiger partial charge on any atom is -0.338 e. The molecule has 3 nitrogen and oxygen atoms in total. The van der Waals surface area contributed by atoms with Crippen LogP contribution in [0.3, 0.4) is 0 Å². The van der Waals surface area contributed by atoms with Crippen molar-refractivity contribution in [2.75, 3.05) is 19.1 Å². The van der Waals surface area contributed by atoms with E-state index in [-0.39, 0.29) is 11.9 Å². The lowest BCUT2D eigenvalue weighted by Gasteiger charge is -2.26. The third-order valence-corrected chi connectivity index (χ3v) is 3.39. The van der Waals surface area contributed by atoms with E-state index in [2.05, 4.69) is 4.98 Å². The highest BCUT2D eigenvalue weighted by Crippen LogP contribution is 2.12. The second-order valence-corrected chi connectivity index (χ2v) is 4.71. The molecule has 94 valence electrons. The number of carbonyl (C=O) groups is 1. The predicted molar refractivity (Wildman–Crippen MR) is 68.7 cm³/mol. The molecule has 1 amide bonds. The molecule has 0 aliphatic carbocycles. The van der Waals surface area contributed by atoms with Crippen molar-refractivity contribution in [3.05, 3.63) is 29.8 Å². The van der Waals surface area contributed by atoms with E-state index in [0.29, 0.717) is 5.56 Å². The van der Waals surface area contributed by atoms with Crippen molar-refractivity contribution in [3.8, 4) is 0 Å². The second kappa shape index (κ2) is 6.59. The lowest BCUT2D eigenvalue weighted by Crippen LogP contribution is -2.38. The van der Waals surface area contributed by atoms with Gasteiger partial charge in [-0.3, -0.25) is 4.79 Å². The molecular weight excluding hydrogens is 239 g/mol. The summed E-state index contributed by atoms with van der Waals surface area (Å²) >= 11 is 1.70. The Balaban J connectivity index is 2.81. The lowest BCUT2D eigenvalue weighted by atomic mass is 10.2. The quantitative estimate of drug-likeness (QED) is 0.759. The highest BCUT2D eigenvalue weighted by atomic mass is 32.2. The number of rotatable bonds is 5. The zero-order valence-electron chi connectivity index (χ0n) is 10.3. The second-order valence-electron chi connectivity index (χ2n) is 3.80. The predicted octanol–water partition coefficient (Wildman–Crippen LogP) is 2.43. The van der Waals surface area contributed by atoms with E-state index >= 15 is 0 Å². The van der Waals surface area contributed by atoms with Crippen molar-refractivity contribution in [1.29, 1.82) is 0 Å². The average molecular weight is 256 g/mol. The molecule has 0 aromatic carbocycles. The molecule has 1 atom stereocenters. The van der Waals surface area contributed by atoms with Crippen LogP contribution in [0.2, 0.25) is 0 Å². The first-order valence-corrected chi connectivity index (χ1v) is 6.87. The number of amides is 1. The summed E-state index contributed by atoms with van der Waals surface area (Å²) < 4.78 is 12.9. The molecule has 0 radical (unpaired) electrons. The molecule has 1 unspecified atom stereocenters. The standard InChI is InChI=1S/C12H17FN2OS/c1-4-10(8-17-3)15(2)12(16)9-5-6-14-11(13)7-9/h5-7,10H,4,8H2,1-3H3. The maximum Gasteiger partial charge on any atom is 0.254 e. The Morgan fingerprint density at radius 2 is 2.35 bits per heavy atom. The van der Waals surface area contributed by atoms with Gasteiger partial charge < -0.3 is 4.90 Å². The molecule has 5 heteroatoms. The van der Waals surface area contributed by atoms with Crippen molar-refractivity contribution < 1.29 is 9.18 Å². The van der Waals surface area contributed by atoms with E-state index < -0.39 is 5.95 Å². The number of hydrogen-bond acceptors (Lipinski definition) is 3. The van der Waals surface area contributed by atoms with Gasteiger partial charge in [0.15, 0.2) is 0 Å². The summed E-state index contributed by atoms with van der Waals surface area (Å²) in [6.45, 7) is 2.04. The normalized spacial score (nSPS) is 12.2. The number of hydrogen-bond donors (Lipinski definition) is 0. The van der Waals surface area contributed by atoms with E-state index in [1.807, 2.05) is 13.2 Å². The van der Waals surface area contributed by atoms with Crippen molar-refractivity contribution in [1.82, 2.24) is 9.88 Å². The van der Waals surface area contributed by atoms with E-state index in [0.717, 1.165) is 12.2 Å². The number of aromatic nitrogens is 1. The van der Waals surface area contributed by atoms with Crippen LogP contribution >= 0.6 is 11.8 Å². The summed E-state index contributed by atoms with van der Waals surface area (Å²) in [5.74, 6) is 0.0983. The fourth-order valence-corrected chi connectivity index (χ4v) is 2.44. The Labute approximate surface area is 105 Å². The first-order chi connectivity index (χ1) is 8.10. The van der Waals surface area contributed by atoms with Gasteiger partial charge in [-0.15, -0.1) is 0 Å². The number of nitrogens with zero attached hydrogens (tertiary/aromatic N) is 2. The molecule has 0 spiro atoms. The Bertz CT molecular complexity index is 387. The number of carbonyl (C=O) groups excluding carboxylic acids is 1. The minimum atomic E-state index is -0.623. The molecule has 1 rings (SSSR count). The van der Waals surface area contributed by atoms with Crippen molar-refractivity contribution in [2.45, 2.75) is 19.4 Å². The van der Waals surface area contributed by atoms with Crippen LogP contribution in [-0.4, -0.2) is 40.9 Å². The van der Waals surface area contributed by atoms with Crippen molar-refractivity contribution in [2.24, 2.45) is 0 Å². The fraction of sp³-hybridized carbons (Fsp3) is 0.500. The molecule has 17 heavy (non-hydrogen) atoms. The average Bonchev–Trinajstić information content (AvgIpc) is 2.34. The van der Waals surface area contributed by atoms with Crippen molar-refractivity contribution in [3.63, 3.8) is 0 Å². The summed E-state index contributed by atoms with van der Waals surface area (Å²) in [6, 6.07) is 2.88. The van der Waals surface area contributed by atoms with Gasteiger partial charge in [0.2, 0.25) is 5.95 Å². The number of pyridine rings is 1. The Morgan fingerprint density at radius 3 is 2.88 bits per heavy atom. The monoisotopic (exact) mass is 256 g/mol. The van der Waals surface area contributed by atoms with Gasteiger partial charge in [0.1, 0.15) is 0 Å². The van der Waals surface area contributed by atoms with Gasteiger partial charge in [-0.25, -0.2) is 4.98 Å². The summed E-state index contributed by atoms with van der Waals surface area (Å²) in [4.78, 5) is 17.2. The first-order valence-electron chi connectivity index (χ1n) is 5.47. The largest absolute Gasteiger partial charge is 0.338 e. The van der Waals surface area contributed by atoms with Crippen LogP contribution in [0, 0.1) is 5.95 Å². The van der Waals surface area contributed by atoms with Crippen LogP contribution in [-0.2, 0) is 0 Å². The highest BCUT2D eigenvalue weighted by Gasteiger charge is 2.19. The van der Waals surface area contributed by atoms with Gasteiger partial charge in [0.25, 0.3) is 5.91 Å². The smallest absolute Gasteiger partial charge is 0.254 e. The van der Waals surface area contributed by atoms with Gasteiger partial charge in [0, 0.05) is 36.7 Å². The zero-order valence-corrected chi connectivity index (χ0v) is 11.1. The van der Waals surface area contributed by atoms with Crippen molar-refractivity contribution >= 4 is 17.7 Å². The van der Waals surface area contributed by atoms with Gasteiger partial charge >= 0.3 is 0 Å². The molecule has 0 N–H and O–H groups in total. The SMILES string of the molecule is CCC(CSC)N(C)C(=O)c1ccnc(F)c1. The zero-order chi connectivity index (χ0) is 12.8. The topological polar surface area (TPSA) is 33.2 Å². The molecular formula is C12H17FN2OS. The maximum atomic E-state index is 12.9. The van der Waals surface area contributed by atoms with Crippen LogP contribution < -0.4 is 0 Å². The Morgan fingerprint density at radius 1 is 1.65 bits per heavy atom. The molecule has 0 saturated heterocycles. The molecule has 0 aliphatic heterocycles. The van der Waals surface area contributed by atoms with Gasteiger partial charge in [-0.1, -0.05) is 6.92 Å². The Kier molecular flexibility index (Phi) is 5.41. The first kappa shape index (κ1) is 14.0. The van der Waals surface area contributed by atoms with E-state index in [4.69, 9.17) is 0 Å². The van der Waals surface area contributed by atoms with Gasteiger partial charge in [0.05, 0.1) is 0 Å². The van der Waals surface area contributed by atoms with E-state index in [9.17, 15) is 9.18 Å². The molecule has 1 heterocycles. The summed E-state index contributed by atoms with van der Waals surface area (Å²) in [6.07, 6.45) is 4.20. The number of thioether (sulfide) groups is 1. The Hall–Kier alpha value is -1.10. The van der Waals surface area contributed by atoms with Crippen LogP contribution in [0.15, 0.2) is 18.3 Å². The lowest BCUT2D eigenvalue weighted by molar-refractivity contribution is 0.0743.